The van der Waals surface area contributed by atoms with Gasteiger partial charge in [-0.15, -0.1) is 0 Å². The molecule has 0 saturated carbocycles. The van der Waals surface area contributed by atoms with Crippen LogP contribution in [0.3, 0.4) is 0 Å². The van der Waals surface area contributed by atoms with Gasteiger partial charge >= 0.3 is 0 Å². The SMILES string of the molecule is O=C(COc1cc(Cl)cc(-c2cc(CO)ccc2F)c1)NCC1CCCO1. The quantitative estimate of drug-likeness (QED) is 0.757. The van der Waals surface area contributed by atoms with E-state index in [1.54, 1.807) is 24.3 Å². The molecule has 7 heteroatoms. The summed E-state index contributed by atoms with van der Waals surface area (Å²) in [7, 11) is 0. The summed E-state index contributed by atoms with van der Waals surface area (Å²) in [6, 6.07) is 9.13. The second-order valence-corrected chi connectivity index (χ2v) is 6.81. The third-order valence-corrected chi connectivity index (χ3v) is 4.53. The van der Waals surface area contributed by atoms with Crippen LogP contribution < -0.4 is 10.1 Å². The Hall–Kier alpha value is -2.15. The maximum atomic E-state index is 14.2. The van der Waals surface area contributed by atoms with E-state index < -0.39 is 5.82 Å². The molecule has 0 aliphatic carbocycles. The number of rotatable bonds is 7. The van der Waals surface area contributed by atoms with Crippen LogP contribution in [0.5, 0.6) is 5.75 Å². The van der Waals surface area contributed by atoms with Crippen LogP contribution in [-0.2, 0) is 16.1 Å². The first kappa shape index (κ1) is 19.6. The number of aliphatic hydroxyl groups is 1. The molecule has 1 saturated heterocycles. The summed E-state index contributed by atoms with van der Waals surface area (Å²) >= 11 is 6.12. The molecule has 3 rings (SSSR count). The number of amides is 1. The van der Waals surface area contributed by atoms with E-state index in [0.29, 0.717) is 34.0 Å². The molecule has 1 heterocycles. The molecule has 2 aromatic carbocycles. The third-order valence-electron chi connectivity index (χ3n) is 4.32. The van der Waals surface area contributed by atoms with Gasteiger partial charge in [-0.05, 0) is 54.3 Å². The van der Waals surface area contributed by atoms with E-state index in [4.69, 9.17) is 21.1 Å². The summed E-state index contributed by atoms with van der Waals surface area (Å²) in [5, 5.41) is 12.4. The van der Waals surface area contributed by atoms with E-state index in [1.807, 2.05) is 0 Å². The Morgan fingerprint density at radius 2 is 2.19 bits per heavy atom. The first-order chi connectivity index (χ1) is 13.0. The maximum absolute atomic E-state index is 14.2. The van der Waals surface area contributed by atoms with Gasteiger partial charge in [0.15, 0.2) is 6.61 Å². The molecular weight excluding hydrogens is 373 g/mol. The summed E-state index contributed by atoms with van der Waals surface area (Å²) in [6.45, 7) is 0.826. The average Bonchev–Trinajstić information content (AvgIpc) is 3.18. The second-order valence-electron chi connectivity index (χ2n) is 6.38. The molecule has 1 aliphatic heterocycles. The fraction of sp³-hybridized carbons (Fsp3) is 0.350. The van der Waals surface area contributed by atoms with Crippen LogP contribution in [0.4, 0.5) is 4.39 Å². The van der Waals surface area contributed by atoms with Crippen LogP contribution >= 0.6 is 11.6 Å². The molecule has 2 aromatic rings. The van der Waals surface area contributed by atoms with Crippen molar-refractivity contribution in [1.29, 1.82) is 0 Å². The summed E-state index contributed by atoms with van der Waals surface area (Å²) in [5.74, 6) is -0.339. The predicted octanol–water partition coefficient (Wildman–Crippen LogP) is 3.31. The smallest absolute Gasteiger partial charge is 0.258 e. The monoisotopic (exact) mass is 393 g/mol. The van der Waals surface area contributed by atoms with Gasteiger partial charge in [0.1, 0.15) is 11.6 Å². The van der Waals surface area contributed by atoms with Gasteiger partial charge < -0.3 is 19.9 Å². The van der Waals surface area contributed by atoms with Crippen molar-refractivity contribution < 1.29 is 23.8 Å². The molecule has 144 valence electrons. The lowest BCUT2D eigenvalue weighted by Crippen LogP contribution is -2.35. The first-order valence-corrected chi connectivity index (χ1v) is 9.14. The molecule has 27 heavy (non-hydrogen) atoms. The topological polar surface area (TPSA) is 67.8 Å². The number of nitrogens with one attached hydrogen (secondary N) is 1. The molecule has 2 N–H and O–H groups in total. The Kier molecular flexibility index (Phi) is 6.66. The largest absolute Gasteiger partial charge is 0.484 e. The van der Waals surface area contributed by atoms with Crippen molar-refractivity contribution in [2.45, 2.75) is 25.6 Å². The van der Waals surface area contributed by atoms with E-state index >= 15 is 0 Å². The van der Waals surface area contributed by atoms with Crippen LogP contribution in [0.2, 0.25) is 5.02 Å². The molecule has 1 fully saturated rings. The van der Waals surface area contributed by atoms with Crippen LogP contribution in [0.25, 0.3) is 11.1 Å². The van der Waals surface area contributed by atoms with Crippen molar-refractivity contribution in [3.8, 4) is 16.9 Å². The lowest BCUT2D eigenvalue weighted by atomic mass is 10.0. The van der Waals surface area contributed by atoms with Gasteiger partial charge in [-0.2, -0.15) is 0 Å². The number of halogens is 2. The van der Waals surface area contributed by atoms with Crippen molar-refractivity contribution in [2.24, 2.45) is 0 Å². The fourth-order valence-electron chi connectivity index (χ4n) is 2.93. The zero-order valence-electron chi connectivity index (χ0n) is 14.7. The first-order valence-electron chi connectivity index (χ1n) is 8.76. The Morgan fingerprint density at radius 3 is 2.93 bits per heavy atom. The van der Waals surface area contributed by atoms with Crippen molar-refractivity contribution in [3.63, 3.8) is 0 Å². The number of aliphatic hydroxyl groups excluding tert-OH is 1. The Balaban J connectivity index is 1.65. The zero-order chi connectivity index (χ0) is 19.2. The van der Waals surface area contributed by atoms with Crippen LogP contribution in [0.15, 0.2) is 36.4 Å². The van der Waals surface area contributed by atoms with Gasteiger partial charge in [0, 0.05) is 23.7 Å². The minimum Gasteiger partial charge on any atom is -0.484 e. The number of carbonyl (C=O) groups excluding carboxylic acids is 1. The molecule has 5 nitrogen and oxygen atoms in total. The number of hydrogen-bond donors (Lipinski definition) is 2. The minimum absolute atomic E-state index is 0.0634. The highest BCUT2D eigenvalue weighted by Gasteiger charge is 2.16. The molecule has 0 bridgehead atoms. The van der Waals surface area contributed by atoms with Crippen LogP contribution in [-0.4, -0.2) is 36.9 Å². The molecule has 1 amide bonds. The summed E-state index contributed by atoms with van der Waals surface area (Å²) in [4.78, 5) is 11.9. The molecule has 1 aliphatic rings. The van der Waals surface area contributed by atoms with Crippen molar-refractivity contribution in [1.82, 2.24) is 5.32 Å². The standard InChI is InChI=1S/C20H21ClFNO4/c21-15-7-14(18-6-13(11-24)3-4-19(18)22)8-17(9-15)27-12-20(25)23-10-16-2-1-5-26-16/h3-4,6-9,16,24H,1-2,5,10-12H2,(H,23,25). The van der Waals surface area contributed by atoms with Gasteiger partial charge in [0.25, 0.3) is 5.91 Å². The van der Waals surface area contributed by atoms with Crippen LogP contribution in [0, 0.1) is 5.82 Å². The van der Waals surface area contributed by atoms with E-state index in [1.165, 1.54) is 12.1 Å². The Bertz CT molecular complexity index is 809. The van der Waals surface area contributed by atoms with E-state index in [-0.39, 0.29) is 25.2 Å². The Labute approximate surface area is 162 Å². The van der Waals surface area contributed by atoms with Crippen molar-refractivity contribution >= 4 is 17.5 Å². The number of hydrogen-bond acceptors (Lipinski definition) is 4. The molecule has 0 radical (unpaired) electrons. The number of benzene rings is 2. The van der Waals surface area contributed by atoms with Gasteiger partial charge in [0.05, 0.1) is 12.7 Å². The highest BCUT2D eigenvalue weighted by molar-refractivity contribution is 6.31. The Morgan fingerprint density at radius 1 is 1.33 bits per heavy atom. The second kappa shape index (κ2) is 9.17. The molecule has 1 unspecified atom stereocenters. The summed E-state index contributed by atoms with van der Waals surface area (Å²) in [5.41, 5.74) is 1.39. The van der Waals surface area contributed by atoms with Gasteiger partial charge in [-0.3, -0.25) is 4.79 Å². The highest BCUT2D eigenvalue weighted by Crippen LogP contribution is 2.31. The lowest BCUT2D eigenvalue weighted by Gasteiger charge is -2.13. The molecule has 0 aromatic heterocycles. The van der Waals surface area contributed by atoms with Gasteiger partial charge in [0.2, 0.25) is 0 Å². The predicted molar refractivity (Wildman–Crippen MR) is 100 cm³/mol. The summed E-state index contributed by atoms with van der Waals surface area (Å²) in [6.07, 6.45) is 2.02. The number of ether oxygens (including phenoxy) is 2. The van der Waals surface area contributed by atoms with Crippen molar-refractivity contribution in [3.05, 3.63) is 52.8 Å². The van der Waals surface area contributed by atoms with E-state index in [9.17, 15) is 14.3 Å². The van der Waals surface area contributed by atoms with Gasteiger partial charge in [-0.1, -0.05) is 17.7 Å². The van der Waals surface area contributed by atoms with E-state index in [2.05, 4.69) is 5.32 Å². The fourth-order valence-corrected chi connectivity index (χ4v) is 3.15. The maximum Gasteiger partial charge on any atom is 0.258 e. The molecule has 1 atom stereocenters. The molecular formula is C20H21ClFNO4. The lowest BCUT2D eigenvalue weighted by molar-refractivity contribution is -0.123. The zero-order valence-corrected chi connectivity index (χ0v) is 15.5. The molecule has 0 spiro atoms. The van der Waals surface area contributed by atoms with Gasteiger partial charge in [-0.25, -0.2) is 4.39 Å². The highest BCUT2D eigenvalue weighted by atomic mass is 35.5. The minimum atomic E-state index is -0.435. The normalized spacial score (nSPS) is 16.3. The average molecular weight is 394 g/mol. The third kappa shape index (κ3) is 5.42. The van der Waals surface area contributed by atoms with Crippen molar-refractivity contribution in [2.75, 3.05) is 19.8 Å². The number of carbonyl (C=O) groups is 1. The van der Waals surface area contributed by atoms with Crippen LogP contribution in [0.1, 0.15) is 18.4 Å². The summed E-state index contributed by atoms with van der Waals surface area (Å²) < 4.78 is 25.1. The van der Waals surface area contributed by atoms with E-state index in [0.717, 1.165) is 19.4 Å².